The lowest BCUT2D eigenvalue weighted by molar-refractivity contribution is -0.133. The van der Waals surface area contributed by atoms with E-state index in [1.807, 2.05) is 11.9 Å². The summed E-state index contributed by atoms with van der Waals surface area (Å²) in [6.07, 6.45) is 11.5. The van der Waals surface area contributed by atoms with Crippen LogP contribution in [0.4, 0.5) is 0 Å². The summed E-state index contributed by atoms with van der Waals surface area (Å²) in [7, 11) is 2.01. The van der Waals surface area contributed by atoms with Gasteiger partial charge in [0.25, 0.3) is 0 Å². The van der Waals surface area contributed by atoms with Crippen molar-refractivity contribution < 1.29 is 4.79 Å². The van der Waals surface area contributed by atoms with Crippen LogP contribution in [0.2, 0.25) is 0 Å². The van der Waals surface area contributed by atoms with Crippen molar-refractivity contribution in [3.05, 3.63) is 0 Å². The Morgan fingerprint density at radius 2 is 1.65 bits per heavy atom. The van der Waals surface area contributed by atoms with Gasteiger partial charge < -0.3 is 10.6 Å². The first-order valence-corrected chi connectivity index (χ1v) is 8.57. The molecule has 0 heterocycles. The first-order valence-electron chi connectivity index (χ1n) is 8.57. The zero-order valence-corrected chi connectivity index (χ0v) is 13.3. The van der Waals surface area contributed by atoms with Crippen molar-refractivity contribution in [3.63, 3.8) is 0 Å². The van der Waals surface area contributed by atoms with Crippen LogP contribution in [0.1, 0.15) is 71.1 Å². The summed E-state index contributed by atoms with van der Waals surface area (Å²) in [6.45, 7) is 2.33. The van der Waals surface area contributed by atoms with Gasteiger partial charge in [0.1, 0.15) is 0 Å². The number of carbonyl (C=O) groups excluding carboxylic acids is 1. The van der Waals surface area contributed by atoms with Crippen LogP contribution < -0.4 is 5.73 Å². The summed E-state index contributed by atoms with van der Waals surface area (Å²) in [5.74, 6) is 1.94. The fraction of sp³-hybridized carbons (Fsp3) is 0.941. The molecule has 0 aromatic heterocycles. The fourth-order valence-corrected chi connectivity index (χ4v) is 3.81. The van der Waals surface area contributed by atoms with Crippen LogP contribution in [0, 0.1) is 11.8 Å². The molecule has 0 unspecified atom stereocenters. The first kappa shape index (κ1) is 15.8. The van der Waals surface area contributed by atoms with Gasteiger partial charge in [0.2, 0.25) is 5.91 Å². The molecular weight excluding hydrogens is 248 g/mol. The van der Waals surface area contributed by atoms with E-state index in [2.05, 4.69) is 6.92 Å². The lowest BCUT2D eigenvalue weighted by atomic mass is 9.83. The zero-order valence-electron chi connectivity index (χ0n) is 13.3. The van der Waals surface area contributed by atoms with Crippen LogP contribution in [0.25, 0.3) is 0 Å². The number of hydrogen-bond acceptors (Lipinski definition) is 2. The fourth-order valence-electron chi connectivity index (χ4n) is 3.81. The standard InChI is InChI=1S/C17H32N2O/c1-13-3-10-16(11-4-13)19(2)17(20)12-7-14-5-8-15(18)9-6-14/h13-16H,3-12,18H2,1-2H3. The van der Waals surface area contributed by atoms with Gasteiger partial charge in [0.05, 0.1) is 0 Å². The Morgan fingerprint density at radius 1 is 1.05 bits per heavy atom. The molecule has 3 heteroatoms. The average molecular weight is 280 g/mol. The van der Waals surface area contributed by atoms with Crippen LogP contribution in [-0.2, 0) is 4.79 Å². The molecule has 0 bridgehead atoms. The summed E-state index contributed by atoms with van der Waals surface area (Å²) in [4.78, 5) is 14.4. The molecule has 0 aromatic carbocycles. The van der Waals surface area contributed by atoms with E-state index < -0.39 is 0 Å². The minimum atomic E-state index is 0.361. The highest BCUT2D eigenvalue weighted by Gasteiger charge is 2.25. The second-order valence-electron chi connectivity index (χ2n) is 7.24. The molecule has 0 spiro atoms. The second kappa shape index (κ2) is 7.44. The molecule has 2 N–H and O–H groups in total. The van der Waals surface area contributed by atoms with E-state index >= 15 is 0 Å². The lowest BCUT2D eigenvalue weighted by Crippen LogP contribution is -2.39. The predicted octanol–water partition coefficient (Wildman–Crippen LogP) is 3.32. The molecule has 0 radical (unpaired) electrons. The first-order chi connectivity index (χ1) is 9.56. The maximum Gasteiger partial charge on any atom is 0.222 e. The minimum Gasteiger partial charge on any atom is -0.343 e. The third kappa shape index (κ3) is 4.47. The summed E-state index contributed by atoms with van der Waals surface area (Å²) in [5, 5.41) is 0. The minimum absolute atomic E-state index is 0.361. The van der Waals surface area contributed by atoms with Crippen LogP contribution in [0.15, 0.2) is 0 Å². The second-order valence-corrected chi connectivity index (χ2v) is 7.24. The predicted molar refractivity (Wildman–Crippen MR) is 83.4 cm³/mol. The molecule has 2 rings (SSSR count). The maximum atomic E-state index is 12.3. The molecule has 2 aliphatic carbocycles. The van der Waals surface area contributed by atoms with E-state index in [-0.39, 0.29) is 0 Å². The van der Waals surface area contributed by atoms with Gasteiger partial charge in [-0.25, -0.2) is 0 Å². The van der Waals surface area contributed by atoms with Crippen LogP contribution in [0.5, 0.6) is 0 Å². The van der Waals surface area contributed by atoms with Crippen molar-refractivity contribution >= 4 is 5.91 Å². The Balaban J connectivity index is 1.68. The van der Waals surface area contributed by atoms with Crippen molar-refractivity contribution in [1.82, 2.24) is 4.90 Å². The Kier molecular flexibility index (Phi) is 5.88. The number of hydrogen-bond donors (Lipinski definition) is 1. The average Bonchev–Trinajstić information content (AvgIpc) is 2.46. The van der Waals surface area contributed by atoms with Gasteiger partial charge in [0, 0.05) is 25.6 Å². The zero-order chi connectivity index (χ0) is 14.5. The van der Waals surface area contributed by atoms with Gasteiger partial charge in [-0.2, -0.15) is 0 Å². The lowest BCUT2D eigenvalue weighted by Gasteiger charge is -2.34. The van der Waals surface area contributed by atoms with Gasteiger partial charge in [0.15, 0.2) is 0 Å². The number of nitrogens with zero attached hydrogens (tertiary/aromatic N) is 1. The third-order valence-electron chi connectivity index (χ3n) is 5.58. The third-order valence-corrected chi connectivity index (χ3v) is 5.58. The number of carbonyl (C=O) groups is 1. The van der Waals surface area contributed by atoms with E-state index in [1.165, 1.54) is 38.5 Å². The summed E-state index contributed by atoms with van der Waals surface area (Å²) in [5.41, 5.74) is 5.93. The molecule has 2 aliphatic rings. The Morgan fingerprint density at radius 3 is 2.25 bits per heavy atom. The topological polar surface area (TPSA) is 46.3 Å². The summed E-state index contributed by atoms with van der Waals surface area (Å²) in [6, 6.07) is 0.910. The van der Waals surface area contributed by atoms with E-state index in [0.717, 1.165) is 37.5 Å². The van der Waals surface area contributed by atoms with Gasteiger partial charge in [-0.15, -0.1) is 0 Å². The van der Waals surface area contributed by atoms with Crippen LogP contribution >= 0.6 is 0 Å². The van der Waals surface area contributed by atoms with Gasteiger partial charge >= 0.3 is 0 Å². The smallest absolute Gasteiger partial charge is 0.222 e. The molecule has 3 nitrogen and oxygen atoms in total. The SMILES string of the molecule is CC1CCC(N(C)C(=O)CCC2CCC(N)CC2)CC1. The molecule has 2 fully saturated rings. The normalized spacial score (nSPS) is 34.8. The number of nitrogens with two attached hydrogens (primary N) is 1. The van der Waals surface area contributed by atoms with E-state index in [9.17, 15) is 4.79 Å². The Labute approximate surface area is 124 Å². The Hall–Kier alpha value is -0.570. The van der Waals surface area contributed by atoms with Crippen molar-refractivity contribution in [2.24, 2.45) is 17.6 Å². The van der Waals surface area contributed by atoms with Crippen molar-refractivity contribution in [3.8, 4) is 0 Å². The highest BCUT2D eigenvalue weighted by Crippen LogP contribution is 2.29. The van der Waals surface area contributed by atoms with Crippen molar-refractivity contribution in [2.45, 2.75) is 83.2 Å². The molecule has 116 valence electrons. The molecule has 1 amide bonds. The molecular formula is C17H32N2O. The van der Waals surface area contributed by atoms with Gasteiger partial charge in [-0.3, -0.25) is 4.79 Å². The quantitative estimate of drug-likeness (QED) is 0.858. The number of rotatable bonds is 4. The molecule has 0 aromatic rings. The molecule has 20 heavy (non-hydrogen) atoms. The van der Waals surface area contributed by atoms with E-state index in [4.69, 9.17) is 5.73 Å². The monoisotopic (exact) mass is 280 g/mol. The largest absolute Gasteiger partial charge is 0.343 e. The Bertz CT molecular complexity index is 302. The summed E-state index contributed by atoms with van der Waals surface area (Å²) >= 11 is 0. The molecule has 0 atom stereocenters. The number of amides is 1. The van der Waals surface area contributed by atoms with Crippen LogP contribution in [-0.4, -0.2) is 29.9 Å². The molecule has 0 aliphatic heterocycles. The maximum absolute atomic E-state index is 12.3. The van der Waals surface area contributed by atoms with E-state index in [1.54, 1.807) is 0 Å². The van der Waals surface area contributed by atoms with Gasteiger partial charge in [-0.05, 0) is 69.6 Å². The van der Waals surface area contributed by atoms with Crippen molar-refractivity contribution in [1.29, 1.82) is 0 Å². The summed E-state index contributed by atoms with van der Waals surface area (Å²) < 4.78 is 0. The van der Waals surface area contributed by atoms with Crippen LogP contribution in [0.3, 0.4) is 0 Å². The van der Waals surface area contributed by atoms with Gasteiger partial charge in [-0.1, -0.05) is 6.92 Å². The molecule has 2 saturated carbocycles. The van der Waals surface area contributed by atoms with E-state index in [0.29, 0.717) is 18.0 Å². The highest BCUT2D eigenvalue weighted by atomic mass is 16.2. The highest BCUT2D eigenvalue weighted by molar-refractivity contribution is 5.76. The molecule has 0 saturated heterocycles. The van der Waals surface area contributed by atoms with Crippen molar-refractivity contribution in [2.75, 3.05) is 7.05 Å².